The molecule has 1 aliphatic rings. The molecule has 0 spiro atoms. The number of hydrogen-bond donors (Lipinski definition) is 0. The van der Waals surface area contributed by atoms with Crippen LogP contribution in [0.15, 0.2) is 0 Å². The van der Waals surface area contributed by atoms with Crippen molar-refractivity contribution in [3.05, 3.63) is 11.6 Å². The van der Waals surface area contributed by atoms with Crippen molar-refractivity contribution < 1.29 is 4.79 Å². The first-order valence-corrected chi connectivity index (χ1v) is 9.79. The van der Waals surface area contributed by atoms with Crippen molar-refractivity contribution in [2.75, 3.05) is 26.2 Å². The molecule has 6 nitrogen and oxygen atoms in total. The molecule has 1 aromatic rings. The molecule has 1 atom stereocenters. The molecule has 1 fully saturated rings. The van der Waals surface area contributed by atoms with E-state index in [1.54, 1.807) is 0 Å². The fourth-order valence-electron chi connectivity index (χ4n) is 3.59. The number of aryl methyl sites for hydroxylation is 2. The summed E-state index contributed by atoms with van der Waals surface area (Å²) in [5, 5.41) is 4.39. The van der Waals surface area contributed by atoms with Gasteiger partial charge in [-0.05, 0) is 53.6 Å². The molecule has 0 unspecified atom stereocenters. The van der Waals surface area contributed by atoms with Gasteiger partial charge in [0.25, 0.3) is 0 Å². The molecule has 0 aliphatic carbocycles. The molecule has 2 heterocycles. The Balaban J connectivity index is 1.93. The van der Waals surface area contributed by atoms with Crippen molar-refractivity contribution in [3.63, 3.8) is 0 Å². The number of amides is 1. The van der Waals surface area contributed by atoms with Crippen LogP contribution in [0.1, 0.15) is 58.1 Å². The number of rotatable bonds is 7. The average molecular weight is 350 g/mol. The first-order chi connectivity index (χ1) is 11.9. The zero-order valence-electron chi connectivity index (χ0n) is 16.7. The zero-order valence-corrected chi connectivity index (χ0v) is 16.7. The summed E-state index contributed by atoms with van der Waals surface area (Å²) >= 11 is 0. The van der Waals surface area contributed by atoms with E-state index in [0.29, 0.717) is 6.54 Å². The molecule has 1 aliphatic heterocycles. The van der Waals surface area contributed by atoms with Crippen molar-refractivity contribution in [1.29, 1.82) is 0 Å². The number of carbonyl (C=O) groups excluding carboxylic acids is 1. The maximum Gasteiger partial charge on any atom is 0.227 e. The summed E-state index contributed by atoms with van der Waals surface area (Å²) in [6.07, 6.45) is 5.27. The van der Waals surface area contributed by atoms with Gasteiger partial charge in [0.1, 0.15) is 11.6 Å². The van der Waals surface area contributed by atoms with Crippen LogP contribution in [0.25, 0.3) is 0 Å². The van der Waals surface area contributed by atoms with Gasteiger partial charge in [-0.2, -0.15) is 5.10 Å². The van der Waals surface area contributed by atoms with Crippen LogP contribution in [0.5, 0.6) is 0 Å². The van der Waals surface area contributed by atoms with Gasteiger partial charge >= 0.3 is 0 Å². The van der Waals surface area contributed by atoms with Crippen LogP contribution in [0.2, 0.25) is 0 Å². The Labute approximate surface area is 152 Å². The number of likely N-dealkylation sites (tertiary alicyclic amines) is 1. The molecule has 0 radical (unpaired) electrons. The highest BCUT2D eigenvalue weighted by Crippen LogP contribution is 2.13. The van der Waals surface area contributed by atoms with Gasteiger partial charge in [0.05, 0.1) is 12.5 Å². The van der Waals surface area contributed by atoms with Crippen LogP contribution in [0.3, 0.4) is 0 Å². The summed E-state index contributed by atoms with van der Waals surface area (Å²) in [6, 6.07) is 0.223. The molecular formula is C19H35N5O. The molecule has 2 rings (SSSR count). The third-order valence-corrected chi connectivity index (χ3v) is 5.09. The number of hydrogen-bond acceptors (Lipinski definition) is 4. The molecule has 1 aromatic heterocycles. The summed E-state index contributed by atoms with van der Waals surface area (Å²) in [4.78, 5) is 21.9. The van der Waals surface area contributed by atoms with E-state index in [-0.39, 0.29) is 17.9 Å². The molecule has 1 amide bonds. The zero-order chi connectivity index (χ0) is 18.4. The fourth-order valence-corrected chi connectivity index (χ4v) is 3.59. The Morgan fingerprint density at radius 2 is 1.76 bits per heavy atom. The minimum atomic E-state index is -0.0914. The van der Waals surface area contributed by atoms with Crippen molar-refractivity contribution >= 4 is 5.91 Å². The summed E-state index contributed by atoms with van der Waals surface area (Å²) in [6.45, 7) is 14.8. The summed E-state index contributed by atoms with van der Waals surface area (Å²) < 4.78 is 1.85. The van der Waals surface area contributed by atoms with Crippen LogP contribution in [0, 0.1) is 19.8 Å². The van der Waals surface area contributed by atoms with Gasteiger partial charge in [0.15, 0.2) is 0 Å². The van der Waals surface area contributed by atoms with Crippen molar-refractivity contribution in [2.24, 2.45) is 5.92 Å². The predicted octanol–water partition coefficient (Wildman–Crippen LogP) is 2.64. The smallest absolute Gasteiger partial charge is 0.227 e. The maximum absolute atomic E-state index is 13.0. The lowest BCUT2D eigenvalue weighted by Gasteiger charge is -2.32. The largest absolute Gasteiger partial charge is 0.339 e. The highest BCUT2D eigenvalue weighted by atomic mass is 16.2. The van der Waals surface area contributed by atoms with Gasteiger partial charge in [-0.1, -0.05) is 19.8 Å². The van der Waals surface area contributed by atoms with Gasteiger partial charge in [-0.25, -0.2) is 9.67 Å². The molecule has 25 heavy (non-hydrogen) atoms. The van der Waals surface area contributed by atoms with E-state index in [0.717, 1.165) is 24.7 Å². The lowest BCUT2D eigenvalue weighted by atomic mass is 10.1. The molecule has 6 heteroatoms. The quantitative estimate of drug-likeness (QED) is 0.759. The van der Waals surface area contributed by atoms with E-state index < -0.39 is 0 Å². The maximum atomic E-state index is 13.0. The third-order valence-electron chi connectivity index (χ3n) is 5.09. The molecule has 0 saturated carbocycles. The molecule has 0 aromatic carbocycles. The van der Waals surface area contributed by atoms with Crippen LogP contribution in [-0.4, -0.2) is 62.7 Å². The van der Waals surface area contributed by atoms with Crippen molar-refractivity contribution in [2.45, 2.75) is 72.9 Å². The molecular weight excluding hydrogens is 314 g/mol. The summed E-state index contributed by atoms with van der Waals surface area (Å²) in [5.41, 5.74) is 0. The highest BCUT2D eigenvalue weighted by molar-refractivity contribution is 5.78. The van der Waals surface area contributed by atoms with E-state index in [4.69, 9.17) is 0 Å². The molecule has 1 saturated heterocycles. The minimum Gasteiger partial charge on any atom is -0.339 e. The Morgan fingerprint density at radius 1 is 1.12 bits per heavy atom. The van der Waals surface area contributed by atoms with E-state index >= 15 is 0 Å². The van der Waals surface area contributed by atoms with Gasteiger partial charge in [-0.15, -0.1) is 0 Å². The van der Waals surface area contributed by atoms with Crippen LogP contribution in [0.4, 0.5) is 0 Å². The predicted molar refractivity (Wildman–Crippen MR) is 100 cm³/mol. The van der Waals surface area contributed by atoms with Crippen LogP contribution >= 0.6 is 0 Å². The number of nitrogens with zero attached hydrogens (tertiary/aromatic N) is 5. The highest BCUT2D eigenvalue weighted by Gasteiger charge is 2.24. The molecule has 142 valence electrons. The Hall–Kier alpha value is -1.43. The van der Waals surface area contributed by atoms with Crippen LogP contribution in [-0.2, 0) is 11.3 Å². The monoisotopic (exact) mass is 349 g/mol. The lowest BCUT2D eigenvalue weighted by Crippen LogP contribution is -2.45. The topological polar surface area (TPSA) is 54.3 Å². The minimum absolute atomic E-state index is 0.0914. The number of carbonyl (C=O) groups is 1. The van der Waals surface area contributed by atoms with Gasteiger partial charge in [-0.3, -0.25) is 4.79 Å². The average Bonchev–Trinajstić information content (AvgIpc) is 2.76. The second kappa shape index (κ2) is 9.32. The Kier molecular flexibility index (Phi) is 7.41. The standard InChI is InChI=1S/C19H35N5O/c1-15(2)23(13-12-22-10-8-6-7-9-11-22)19(25)16(3)14-24-18(5)20-17(4)21-24/h15-16H,6-14H2,1-5H3/t16-/m1/s1. The van der Waals surface area contributed by atoms with E-state index in [2.05, 4.69) is 28.8 Å². The summed E-state index contributed by atoms with van der Waals surface area (Å²) in [7, 11) is 0. The second-order valence-electron chi connectivity index (χ2n) is 7.67. The number of aromatic nitrogens is 3. The van der Waals surface area contributed by atoms with Gasteiger partial charge < -0.3 is 9.80 Å². The van der Waals surface area contributed by atoms with E-state index in [1.165, 1.54) is 38.8 Å². The van der Waals surface area contributed by atoms with Gasteiger partial charge in [0, 0.05) is 19.1 Å². The SMILES string of the molecule is Cc1nc(C)n(C[C@@H](C)C(=O)N(CCN2CCCCCC2)C(C)C)n1. The fraction of sp³-hybridized carbons (Fsp3) is 0.842. The van der Waals surface area contributed by atoms with Crippen LogP contribution < -0.4 is 0 Å². The second-order valence-corrected chi connectivity index (χ2v) is 7.67. The van der Waals surface area contributed by atoms with Crippen molar-refractivity contribution in [1.82, 2.24) is 24.6 Å². The third kappa shape index (κ3) is 5.80. The Bertz CT molecular complexity index is 546. The van der Waals surface area contributed by atoms with Crippen molar-refractivity contribution in [3.8, 4) is 0 Å². The first kappa shape index (κ1) is 19.9. The molecule has 0 N–H and O–H groups in total. The van der Waals surface area contributed by atoms with Gasteiger partial charge in [0.2, 0.25) is 5.91 Å². The Morgan fingerprint density at radius 3 is 2.28 bits per heavy atom. The lowest BCUT2D eigenvalue weighted by molar-refractivity contribution is -0.137. The normalized spacial score (nSPS) is 17.5. The summed E-state index contributed by atoms with van der Waals surface area (Å²) in [5.74, 6) is 1.76. The van der Waals surface area contributed by atoms with E-state index in [9.17, 15) is 4.79 Å². The molecule has 0 bridgehead atoms. The first-order valence-electron chi connectivity index (χ1n) is 9.79. The van der Waals surface area contributed by atoms with E-state index in [1.807, 2.05) is 30.4 Å².